The number of allylic oxidation sites excluding steroid dienone is 3. The standard InChI is InChI=1S/C11H13BrO2/c12-10-8-4-2-1-3-7(8)5-6-9(10)11(13)14/h1-6H2,(H,13,14). The molecule has 0 aromatic carbocycles. The summed E-state index contributed by atoms with van der Waals surface area (Å²) >= 11 is 3.44. The summed E-state index contributed by atoms with van der Waals surface area (Å²) in [5.74, 6) is -0.769. The van der Waals surface area contributed by atoms with E-state index >= 15 is 0 Å². The fourth-order valence-electron chi connectivity index (χ4n) is 2.28. The van der Waals surface area contributed by atoms with Gasteiger partial charge in [0.05, 0.1) is 5.57 Å². The molecule has 0 saturated heterocycles. The normalized spacial score (nSPS) is 22.4. The first-order valence-electron chi connectivity index (χ1n) is 5.03. The van der Waals surface area contributed by atoms with Gasteiger partial charge in [-0.05, 0) is 60.0 Å². The average Bonchev–Trinajstić information content (AvgIpc) is 2.18. The monoisotopic (exact) mass is 256 g/mol. The lowest BCUT2D eigenvalue weighted by Gasteiger charge is -2.25. The van der Waals surface area contributed by atoms with E-state index in [1.165, 1.54) is 24.0 Å². The van der Waals surface area contributed by atoms with Crippen molar-refractivity contribution in [3.8, 4) is 0 Å². The number of halogens is 1. The van der Waals surface area contributed by atoms with Gasteiger partial charge in [0.15, 0.2) is 0 Å². The van der Waals surface area contributed by atoms with E-state index in [1.54, 1.807) is 0 Å². The summed E-state index contributed by atoms with van der Waals surface area (Å²) in [6, 6.07) is 0. The van der Waals surface area contributed by atoms with Crippen LogP contribution in [0.3, 0.4) is 0 Å². The molecule has 0 spiro atoms. The zero-order chi connectivity index (χ0) is 10.1. The minimum Gasteiger partial charge on any atom is -0.478 e. The van der Waals surface area contributed by atoms with Crippen molar-refractivity contribution >= 4 is 21.9 Å². The quantitative estimate of drug-likeness (QED) is 0.781. The Morgan fingerprint density at radius 3 is 2.57 bits per heavy atom. The molecule has 0 radical (unpaired) electrons. The van der Waals surface area contributed by atoms with Gasteiger partial charge in [0, 0.05) is 4.48 Å². The maximum Gasteiger partial charge on any atom is 0.332 e. The maximum atomic E-state index is 10.9. The fourth-order valence-corrected chi connectivity index (χ4v) is 3.12. The van der Waals surface area contributed by atoms with Gasteiger partial charge in [0.2, 0.25) is 0 Å². The molecule has 2 aliphatic rings. The van der Waals surface area contributed by atoms with Crippen LogP contribution in [0.25, 0.3) is 0 Å². The summed E-state index contributed by atoms with van der Waals surface area (Å²) in [4.78, 5) is 10.9. The van der Waals surface area contributed by atoms with Crippen LogP contribution in [0.2, 0.25) is 0 Å². The van der Waals surface area contributed by atoms with Crippen molar-refractivity contribution in [3.05, 3.63) is 21.2 Å². The maximum absolute atomic E-state index is 10.9. The first kappa shape index (κ1) is 9.97. The van der Waals surface area contributed by atoms with E-state index < -0.39 is 5.97 Å². The molecule has 14 heavy (non-hydrogen) atoms. The molecule has 0 aromatic heterocycles. The summed E-state index contributed by atoms with van der Waals surface area (Å²) in [5.41, 5.74) is 3.32. The Morgan fingerprint density at radius 1 is 1.14 bits per heavy atom. The molecule has 0 amide bonds. The van der Waals surface area contributed by atoms with Crippen LogP contribution < -0.4 is 0 Å². The van der Waals surface area contributed by atoms with E-state index in [9.17, 15) is 4.79 Å². The van der Waals surface area contributed by atoms with E-state index in [-0.39, 0.29) is 0 Å². The number of carbonyl (C=O) groups is 1. The van der Waals surface area contributed by atoms with Gasteiger partial charge in [-0.25, -0.2) is 4.79 Å². The topological polar surface area (TPSA) is 37.3 Å². The molecule has 0 saturated carbocycles. The van der Waals surface area contributed by atoms with Crippen LogP contribution in [0.1, 0.15) is 38.5 Å². The van der Waals surface area contributed by atoms with Gasteiger partial charge in [-0.2, -0.15) is 0 Å². The third kappa shape index (κ3) is 1.65. The van der Waals surface area contributed by atoms with E-state index in [2.05, 4.69) is 15.9 Å². The SMILES string of the molecule is O=C(O)C1=C(Br)C2=C(CCCC2)CC1. The van der Waals surface area contributed by atoms with Gasteiger partial charge in [-0.1, -0.05) is 5.57 Å². The molecule has 0 heterocycles. The minimum atomic E-state index is -0.769. The van der Waals surface area contributed by atoms with Crippen LogP contribution in [0.4, 0.5) is 0 Å². The predicted molar refractivity (Wildman–Crippen MR) is 58.3 cm³/mol. The van der Waals surface area contributed by atoms with E-state index in [0.717, 1.165) is 23.7 Å². The molecule has 76 valence electrons. The molecular formula is C11H13BrO2. The van der Waals surface area contributed by atoms with E-state index in [1.807, 2.05) is 0 Å². The molecule has 0 aromatic rings. The molecule has 3 heteroatoms. The summed E-state index contributed by atoms with van der Waals surface area (Å²) in [7, 11) is 0. The Balaban J connectivity index is 2.38. The third-order valence-electron chi connectivity index (χ3n) is 3.05. The Labute approximate surface area is 91.8 Å². The molecule has 0 aliphatic heterocycles. The van der Waals surface area contributed by atoms with E-state index in [4.69, 9.17) is 5.11 Å². The predicted octanol–water partition coefficient (Wildman–Crippen LogP) is 3.38. The highest BCUT2D eigenvalue weighted by Gasteiger charge is 2.25. The molecule has 0 unspecified atom stereocenters. The van der Waals surface area contributed by atoms with Gasteiger partial charge in [-0.3, -0.25) is 0 Å². The number of carboxylic acid groups (broad SMARTS) is 1. The van der Waals surface area contributed by atoms with Crippen molar-refractivity contribution in [1.29, 1.82) is 0 Å². The summed E-state index contributed by atoms with van der Waals surface area (Å²) in [6.45, 7) is 0. The number of aliphatic carboxylic acids is 1. The lowest BCUT2D eigenvalue weighted by molar-refractivity contribution is -0.132. The number of hydrogen-bond donors (Lipinski definition) is 1. The van der Waals surface area contributed by atoms with Crippen LogP contribution in [0.15, 0.2) is 21.2 Å². The number of carboxylic acids is 1. The highest BCUT2D eigenvalue weighted by atomic mass is 79.9. The Kier molecular flexibility index (Phi) is 2.77. The van der Waals surface area contributed by atoms with Crippen molar-refractivity contribution in [2.75, 3.05) is 0 Å². The van der Waals surface area contributed by atoms with Crippen molar-refractivity contribution in [1.82, 2.24) is 0 Å². The lowest BCUT2D eigenvalue weighted by Crippen LogP contribution is -2.12. The number of rotatable bonds is 1. The van der Waals surface area contributed by atoms with Gasteiger partial charge in [0.25, 0.3) is 0 Å². The molecule has 2 nitrogen and oxygen atoms in total. The van der Waals surface area contributed by atoms with Crippen molar-refractivity contribution in [2.24, 2.45) is 0 Å². The lowest BCUT2D eigenvalue weighted by atomic mass is 9.83. The van der Waals surface area contributed by atoms with Crippen molar-refractivity contribution < 1.29 is 9.90 Å². The summed E-state index contributed by atoms with van der Waals surface area (Å²) < 4.78 is 0.867. The van der Waals surface area contributed by atoms with Crippen LogP contribution in [-0.2, 0) is 4.79 Å². The summed E-state index contributed by atoms with van der Waals surface area (Å²) in [6.07, 6.45) is 6.31. The number of hydrogen-bond acceptors (Lipinski definition) is 1. The second-order valence-corrected chi connectivity index (χ2v) is 4.68. The first-order valence-corrected chi connectivity index (χ1v) is 5.82. The Hall–Kier alpha value is -0.570. The zero-order valence-corrected chi connectivity index (χ0v) is 9.56. The van der Waals surface area contributed by atoms with Gasteiger partial charge >= 0.3 is 5.97 Å². The minimum absolute atomic E-state index is 0.561. The molecule has 0 bridgehead atoms. The van der Waals surface area contributed by atoms with Crippen LogP contribution in [0.5, 0.6) is 0 Å². The second-order valence-electron chi connectivity index (χ2n) is 3.89. The average molecular weight is 257 g/mol. The first-order chi connectivity index (χ1) is 6.70. The third-order valence-corrected chi connectivity index (χ3v) is 4.00. The second kappa shape index (κ2) is 3.89. The smallest absolute Gasteiger partial charge is 0.332 e. The highest BCUT2D eigenvalue weighted by molar-refractivity contribution is 9.12. The molecule has 0 atom stereocenters. The highest BCUT2D eigenvalue weighted by Crippen LogP contribution is 2.41. The molecule has 2 rings (SSSR count). The van der Waals surface area contributed by atoms with Crippen LogP contribution in [-0.4, -0.2) is 11.1 Å². The van der Waals surface area contributed by atoms with Crippen molar-refractivity contribution in [3.63, 3.8) is 0 Å². The Morgan fingerprint density at radius 2 is 1.86 bits per heavy atom. The van der Waals surface area contributed by atoms with Gasteiger partial charge in [-0.15, -0.1) is 0 Å². The van der Waals surface area contributed by atoms with Gasteiger partial charge < -0.3 is 5.11 Å². The van der Waals surface area contributed by atoms with Crippen molar-refractivity contribution in [2.45, 2.75) is 38.5 Å². The largest absolute Gasteiger partial charge is 0.478 e. The molecule has 0 fully saturated rings. The van der Waals surface area contributed by atoms with Crippen LogP contribution >= 0.6 is 15.9 Å². The fraction of sp³-hybridized carbons (Fsp3) is 0.545. The molecule has 1 N–H and O–H groups in total. The Bertz CT molecular complexity index is 339. The van der Waals surface area contributed by atoms with E-state index in [0.29, 0.717) is 12.0 Å². The molecular weight excluding hydrogens is 244 g/mol. The summed E-state index contributed by atoms with van der Waals surface area (Å²) in [5, 5.41) is 8.99. The van der Waals surface area contributed by atoms with Crippen LogP contribution in [0, 0.1) is 0 Å². The molecule has 2 aliphatic carbocycles. The zero-order valence-electron chi connectivity index (χ0n) is 7.98. The van der Waals surface area contributed by atoms with Gasteiger partial charge in [0.1, 0.15) is 0 Å².